The van der Waals surface area contributed by atoms with Gasteiger partial charge in [0.2, 0.25) is 11.8 Å². The SMILES string of the molecule is COc1nc(NCC(F)(F)C(F)F)ncc1Br. The molecule has 1 aromatic heterocycles. The van der Waals surface area contributed by atoms with Crippen LogP contribution in [-0.4, -0.2) is 36.0 Å². The van der Waals surface area contributed by atoms with Crippen molar-refractivity contribution in [2.45, 2.75) is 12.3 Å². The zero-order chi connectivity index (χ0) is 13.1. The van der Waals surface area contributed by atoms with Crippen molar-refractivity contribution in [3.05, 3.63) is 10.7 Å². The van der Waals surface area contributed by atoms with Crippen LogP contribution in [0.25, 0.3) is 0 Å². The number of methoxy groups -OCH3 is 1. The third-order valence-corrected chi connectivity index (χ3v) is 2.25. The summed E-state index contributed by atoms with van der Waals surface area (Å²) in [6, 6.07) is 0. The predicted molar refractivity (Wildman–Crippen MR) is 55.7 cm³/mol. The first-order valence-electron chi connectivity index (χ1n) is 4.33. The van der Waals surface area contributed by atoms with Crippen molar-refractivity contribution in [1.82, 2.24) is 9.97 Å². The summed E-state index contributed by atoms with van der Waals surface area (Å²) >= 11 is 3.06. The zero-order valence-electron chi connectivity index (χ0n) is 8.55. The Bertz CT molecular complexity index is 391. The van der Waals surface area contributed by atoms with E-state index in [1.165, 1.54) is 13.3 Å². The van der Waals surface area contributed by atoms with Gasteiger partial charge in [-0.25, -0.2) is 13.8 Å². The van der Waals surface area contributed by atoms with Gasteiger partial charge in [-0.3, -0.25) is 0 Å². The highest BCUT2D eigenvalue weighted by atomic mass is 79.9. The largest absolute Gasteiger partial charge is 0.480 e. The summed E-state index contributed by atoms with van der Waals surface area (Å²) in [6.45, 7) is -1.25. The van der Waals surface area contributed by atoms with Crippen LogP contribution in [-0.2, 0) is 0 Å². The first kappa shape index (κ1) is 13.9. The summed E-state index contributed by atoms with van der Waals surface area (Å²) in [5, 5.41) is 2.02. The molecule has 0 saturated heterocycles. The second kappa shape index (κ2) is 5.48. The summed E-state index contributed by atoms with van der Waals surface area (Å²) in [6.07, 6.45) is -2.48. The molecule has 0 unspecified atom stereocenters. The molecular weight excluding hydrogens is 310 g/mol. The van der Waals surface area contributed by atoms with Crippen LogP contribution in [0.15, 0.2) is 10.7 Å². The molecular formula is C8H8BrF4N3O. The number of nitrogens with zero attached hydrogens (tertiary/aromatic N) is 2. The lowest BCUT2D eigenvalue weighted by Crippen LogP contribution is -2.35. The number of halogens is 5. The summed E-state index contributed by atoms with van der Waals surface area (Å²) in [4.78, 5) is 7.31. The Labute approximate surface area is 103 Å². The highest BCUT2D eigenvalue weighted by Crippen LogP contribution is 2.24. The standard InChI is InChI=1S/C8H8BrF4N3O/c1-17-5-4(9)2-14-7(16-5)15-3-8(12,13)6(10)11/h2,6H,3H2,1H3,(H,14,15,16). The molecule has 0 fully saturated rings. The van der Waals surface area contributed by atoms with Gasteiger partial charge in [0.05, 0.1) is 24.3 Å². The highest BCUT2D eigenvalue weighted by molar-refractivity contribution is 9.10. The summed E-state index contributed by atoms with van der Waals surface area (Å²) in [5.41, 5.74) is 0. The van der Waals surface area contributed by atoms with Crippen LogP contribution in [0.3, 0.4) is 0 Å². The van der Waals surface area contributed by atoms with E-state index >= 15 is 0 Å². The number of ether oxygens (including phenoxy) is 1. The molecule has 1 aromatic rings. The van der Waals surface area contributed by atoms with E-state index in [4.69, 9.17) is 4.74 Å². The van der Waals surface area contributed by atoms with Crippen LogP contribution in [0, 0.1) is 0 Å². The molecule has 0 atom stereocenters. The second-order valence-electron chi connectivity index (χ2n) is 2.97. The molecule has 4 nitrogen and oxygen atoms in total. The maximum absolute atomic E-state index is 12.6. The highest BCUT2D eigenvalue weighted by Gasteiger charge is 2.40. The molecule has 0 aliphatic rings. The van der Waals surface area contributed by atoms with Crippen LogP contribution >= 0.6 is 15.9 Å². The van der Waals surface area contributed by atoms with Gasteiger partial charge in [0.25, 0.3) is 0 Å². The number of rotatable bonds is 5. The molecule has 9 heteroatoms. The lowest BCUT2D eigenvalue weighted by Gasteiger charge is -2.15. The number of anilines is 1. The van der Waals surface area contributed by atoms with Gasteiger partial charge in [0.15, 0.2) is 0 Å². The topological polar surface area (TPSA) is 47.0 Å². The second-order valence-corrected chi connectivity index (χ2v) is 3.82. The van der Waals surface area contributed by atoms with E-state index in [9.17, 15) is 17.6 Å². The first-order valence-corrected chi connectivity index (χ1v) is 5.12. The summed E-state index contributed by atoms with van der Waals surface area (Å²) in [5.74, 6) is -4.24. The predicted octanol–water partition coefficient (Wildman–Crippen LogP) is 2.56. The van der Waals surface area contributed by atoms with E-state index in [-0.39, 0.29) is 11.8 Å². The zero-order valence-corrected chi connectivity index (χ0v) is 10.1. The van der Waals surface area contributed by atoms with Crippen molar-refractivity contribution < 1.29 is 22.3 Å². The van der Waals surface area contributed by atoms with Crippen LogP contribution in [0.4, 0.5) is 23.5 Å². The minimum Gasteiger partial charge on any atom is -0.480 e. The molecule has 0 amide bonds. The monoisotopic (exact) mass is 317 g/mol. The molecule has 0 aliphatic heterocycles. The number of nitrogens with one attached hydrogen (secondary N) is 1. The van der Waals surface area contributed by atoms with Crippen molar-refractivity contribution in [3.63, 3.8) is 0 Å². The molecule has 1 heterocycles. The van der Waals surface area contributed by atoms with Crippen molar-refractivity contribution in [2.24, 2.45) is 0 Å². The lowest BCUT2D eigenvalue weighted by molar-refractivity contribution is -0.117. The van der Waals surface area contributed by atoms with Gasteiger partial charge in [0.1, 0.15) is 0 Å². The maximum Gasteiger partial charge on any atom is 0.324 e. The van der Waals surface area contributed by atoms with Gasteiger partial charge >= 0.3 is 12.3 Å². The molecule has 1 rings (SSSR count). The molecule has 96 valence electrons. The van der Waals surface area contributed by atoms with Gasteiger partial charge in [-0.05, 0) is 15.9 Å². The van der Waals surface area contributed by atoms with Gasteiger partial charge < -0.3 is 10.1 Å². The van der Waals surface area contributed by atoms with E-state index < -0.39 is 18.9 Å². The van der Waals surface area contributed by atoms with Crippen LogP contribution in [0.1, 0.15) is 0 Å². The van der Waals surface area contributed by atoms with Crippen molar-refractivity contribution in [3.8, 4) is 5.88 Å². The number of hydrogen-bond donors (Lipinski definition) is 1. The van der Waals surface area contributed by atoms with Crippen molar-refractivity contribution in [1.29, 1.82) is 0 Å². The van der Waals surface area contributed by atoms with Crippen LogP contribution < -0.4 is 10.1 Å². The van der Waals surface area contributed by atoms with E-state index in [2.05, 4.69) is 25.9 Å². The van der Waals surface area contributed by atoms with E-state index in [1.807, 2.05) is 5.32 Å². The fraction of sp³-hybridized carbons (Fsp3) is 0.500. The average Bonchev–Trinajstić information content (AvgIpc) is 2.28. The normalized spacial score (nSPS) is 11.7. The van der Waals surface area contributed by atoms with Crippen molar-refractivity contribution >= 4 is 21.9 Å². The third kappa shape index (κ3) is 3.69. The number of alkyl halides is 4. The number of aromatic nitrogens is 2. The van der Waals surface area contributed by atoms with Crippen LogP contribution in [0.2, 0.25) is 0 Å². The fourth-order valence-corrected chi connectivity index (χ4v) is 1.21. The van der Waals surface area contributed by atoms with Gasteiger partial charge in [-0.1, -0.05) is 0 Å². The smallest absolute Gasteiger partial charge is 0.324 e. The first-order chi connectivity index (χ1) is 7.86. The molecule has 1 N–H and O–H groups in total. The van der Waals surface area contributed by atoms with Crippen LogP contribution in [0.5, 0.6) is 5.88 Å². The molecule has 0 aromatic carbocycles. The Morgan fingerprint density at radius 2 is 2.18 bits per heavy atom. The van der Waals surface area contributed by atoms with Gasteiger partial charge in [-0.2, -0.15) is 13.8 Å². The Morgan fingerprint density at radius 1 is 1.53 bits per heavy atom. The molecule has 0 spiro atoms. The minimum absolute atomic E-state index is 0.114. The quantitative estimate of drug-likeness (QED) is 0.848. The molecule has 17 heavy (non-hydrogen) atoms. The summed E-state index contributed by atoms with van der Waals surface area (Å²) in [7, 11) is 1.32. The Hall–Kier alpha value is -1.12. The molecule has 0 aliphatic carbocycles. The van der Waals surface area contributed by atoms with E-state index in [1.54, 1.807) is 0 Å². The Morgan fingerprint density at radius 3 is 2.71 bits per heavy atom. The Balaban J connectivity index is 2.70. The summed E-state index contributed by atoms with van der Waals surface area (Å²) < 4.78 is 54.1. The number of hydrogen-bond acceptors (Lipinski definition) is 4. The lowest BCUT2D eigenvalue weighted by atomic mass is 10.3. The molecule has 0 bridgehead atoms. The van der Waals surface area contributed by atoms with E-state index in [0.29, 0.717) is 4.47 Å². The minimum atomic E-state index is -4.14. The maximum atomic E-state index is 12.6. The van der Waals surface area contributed by atoms with Crippen molar-refractivity contribution in [2.75, 3.05) is 19.0 Å². The molecule has 0 saturated carbocycles. The van der Waals surface area contributed by atoms with E-state index in [0.717, 1.165) is 0 Å². The van der Waals surface area contributed by atoms with Gasteiger partial charge in [-0.15, -0.1) is 0 Å². The third-order valence-electron chi connectivity index (χ3n) is 1.71. The Kier molecular flexibility index (Phi) is 4.49. The fourth-order valence-electron chi connectivity index (χ4n) is 0.854. The van der Waals surface area contributed by atoms with Gasteiger partial charge in [0, 0.05) is 0 Å². The average molecular weight is 318 g/mol. The molecule has 0 radical (unpaired) electrons.